The summed E-state index contributed by atoms with van der Waals surface area (Å²) in [4.78, 5) is 6.71. The van der Waals surface area contributed by atoms with Crippen molar-refractivity contribution in [3.8, 4) is 11.5 Å². The van der Waals surface area contributed by atoms with E-state index in [9.17, 15) is 0 Å². The molecule has 1 unspecified atom stereocenters. The minimum Gasteiger partial charge on any atom is -0.454 e. The van der Waals surface area contributed by atoms with Crippen molar-refractivity contribution >= 4 is 0 Å². The van der Waals surface area contributed by atoms with Crippen LogP contribution in [-0.4, -0.2) is 29.8 Å². The van der Waals surface area contributed by atoms with E-state index in [1.807, 2.05) is 18.5 Å². The highest BCUT2D eigenvalue weighted by atomic mass is 16.7. The fourth-order valence-electron chi connectivity index (χ4n) is 3.89. The molecule has 1 aliphatic rings. The van der Waals surface area contributed by atoms with Crippen LogP contribution in [0.2, 0.25) is 0 Å². The largest absolute Gasteiger partial charge is 0.454 e. The van der Waals surface area contributed by atoms with E-state index >= 15 is 0 Å². The molecule has 150 valence electrons. The molecule has 4 rings (SSSR count). The Morgan fingerprint density at radius 3 is 2.52 bits per heavy atom. The first-order chi connectivity index (χ1) is 14.3. The summed E-state index contributed by atoms with van der Waals surface area (Å²) in [5.74, 6) is 2.25. The van der Waals surface area contributed by atoms with Crippen LogP contribution in [0.15, 0.2) is 73.1 Å². The topological polar surface area (TPSA) is 34.6 Å². The third-order valence-corrected chi connectivity index (χ3v) is 5.31. The van der Waals surface area contributed by atoms with Gasteiger partial charge in [0.25, 0.3) is 0 Å². The van der Waals surface area contributed by atoms with E-state index < -0.39 is 0 Å². The van der Waals surface area contributed by atoms with E-state index in [0.717, 1.165) is 44.0 Å². The van der Waals surface area contributed by atoms with Crippen LogP contribution in [0.3, 0.4) is 0 Å². The molecule has 3 aromatic rings. The molecule has 0 radical (unpaired) electrons. The number of fused-ring (bicyclic) bond motifs is 1. The summed E-state index contributed by atoms with van der Waals surface area (Å²) >= 11 is 0. The van der Waals surface area contributed by atoms with E-state index in [0.29, 0.717) is 12.7 Å². The molecule has 1 atom stereocenters. The minimum absolute atomic E-state index is 0.327. The summed E-state index contributed by atoms with van der Waals surface area (Å²) in [5.41, 5.74) is 3.99. The second-order valence-corrected chi connectivity index (χ2v) is 7.82. The van der Waals surface area contributed by atoms with Crippen LogP contribution in [-0.2, 0) is 19.4 Å². The molecule has 4 heteroatoms. The van der Waals surface area contributed by atoms with Crippen molar-refractivity contribution in [1.29, 1.82) is 0 Å². The predicted molar refractivity (Wildman–Crippen MR) is 115 cm³/mol. The molecule has 0 N–H and O–H groups in total. The smallest absolute Gasteiger partial charge is 0.231 e. The third-order valence-electron chi connectivity index (χ3n) is 5.31. The zero-order valence-electron chi connectivity index (χ0n) is 17.0. The molecular weight excluding hydrogens is 360 g/mol. The Morgan fingerprint density at radius 2 is 1.69 bits per heavy atom. The van der Waals surface area contributed by atoms with Crippen LogP contribution in [0.1, 0.15) is 23.6 Å². The first-order valence-electron chi connectivity index (χ1n) is 10.3. The third kappa shape index (κ3) is 5.58. The molecule has 1 aliphatic heterocycles. The maximum Gasteiger partial charge on any atom is 0.231 e. The van der Waals surface area contributed by atoms with Crippen LogP contribution in [0.4, 0.5) is 0 Å². The van der Waals surface area contributed by atoms with Gasteiger partial charge in [-0.25, -0.2) is 0 Å². The fraction of sp³-hybridized carbons (Fsp3) is 0.320. The van der Waals surface area contributed by atoms with Crippen molar-refractivity contribution in [3.63, 3.8) is 0 Å². The van der Waals surface area contributed by atoms with Crippen LogP contribution in [0.25, 0.3) is 0 Å². The summed E-state index contributed by atoms with van der Waals surface area (Å²) in [6.45, 7) is 5.68. The standard InChI is InChI=1S/C25H28N2O2/c1-20(15-23-7-8-24-25(16-23)29-19-28-24)17-27(18-22-9-12-26-13-10-22)14-11-21-5-3-2-4-6-21/h2-10,12-13,16,20H,11,14-15,17-19H2,1H3. The first-order valence-corrected chi connectivity index (χ1v) is 10.3. The van der Waals surface area contributed by atoms with Crippen LogP contribution in [0, 0.1) is 5.92 Å². The highest BCUT2D eigenvalue weighted by molar-refractivity contribution is 5.44. The average molecular weight is 389 g/mol. The van der Waals surface area contributed by atoms with Gasteiger partial charge in [0.05, 0.1) is 0 Å². The number of pyridine rings is 1. The van der Waals surface area contributed by atoms with E-state index in [2.05, 4.69) is 71.4 Å². The van der Waals surface area contributed by atoms with Gasteiger partial charge < -0.3 is 9.47 Å². The molecule has 0 saturated heterocycles. The van der Waals surface area contributed by atoms with Gasteiger partial charge in [0, 0.05) is 32.0 Å². The molecule has 2 heterocycles. The van der Waals surface area contributed by atoms with Crippen LogP contribution >= 0.6 is 0 Å². The van der Waals surface area contributed by atoms with E-state index in [1.54, 1.807) is 0 Å². The van der Waals surface area contributed by atoms with Gasteiger partial charge in [0.1, 0.15) is 0 Å². The fourth-order valence-corrected chi connectivity index (χ4v) is 3.89. The van der Waals surface area contributed by atoms with Gasteiger partial charge in [-0.2, -0.15) is 0 Å². The summed E-state index contributed by atoms with van der Waals surface area (Å²) in [5, 5.41) is 0. The number of aromatic nitrogens is 1. The van der Waals surface area contributed by atoms with Gasteiger partial charge in [0.15, 0.2) is 11.5 Å². The zero-order valence-corrected chi connectivity index (χ0v) is 17.0. The summed E-state index contributed by atoms with van der Waals surface area (Å²) in [6, 6.07) is 21.2. The summed E-state index contributed by atoms with van der Waals surface area (Å²) in [7, 11) is 0. The number of nitrogens with zero attached hydrogens (tertiary/aromatic N) is 2. The van der Waals surface area contributed by atoms with Gasteiger partial charge in [-0.1, -0.05) is 43.3 Å². The Hall–Kier alpha value is -2.85. The molecular formula is C25H28N2O2. The van der Waals surface area contributed by atoms with Gasteiger partial charge in [0.2, 0.25) is 6.79 Å². The Morgan fingerprint density at radius 1 is 0.897 bits per heavy atom. The molecule has 0 bridgehead atoms. The second kappa shape index (κ2) is 9.57. The van der Waals surface area contributed by atoms with E-state index in [-0.39, 0.29) is 0 Å². The van der Waals surface area contributed by atoms with Crippen molar-refractivity contribution < 1.29 is 9.47 Å². The van der Waals surface area contributed by atoms with Crippen molar-refractivity contribution in [2.24, 2.45) is 5.92 Å². The van der Waals surface area contributed by atoms with Crippen LogP contribution in [0.5, 0.6) is 11.5 Å². The average Bonchev–Trinajstić information content (AvgIpc) is 3.21. The lowest BCUT2D eigenvalue weighted by Crippen LogP contribution is -2.31. The van der Waals surface area contributed by atoms with E-state index in [4.69, 9.17) is 9.47 Å². The normalized spacial score (nSPS) is 13.6. The summed E-state index contributed by atoms with van der Waals surface area (Å²) in [6.07, 6.45) is 5.83. The number of hydrogen-bond donors (Lipinski definition) is 0. The molecule has 4 nitrogen and oxygen atoms in total. The van der Waals surface area contributed by atoms with Crippen molar-refractivity contribution in [2.45, 2.75) is 26.3 Å². The van der Waals surface area contributed by atoms with Gasteiger partial charge in [-0.05, 0) is 59.7 Å². The second-order valence-electron chi connectivity index (χ2n) is 7.82. The number of ether oxygens (including phenoxy) is 2. The maximum atomic E-state index is 5.53. The molecule has 0 fully saturated rings. The van der Waals surface area contributed by atoms with E-state index in [1.165, 1.54) is 16.7 Å². The van der Waals surface area contributed by atoms with Crippen molar-refractivity contribution in [2.75, 3.05) is 19.9 Å². The Kier molecular flexibility index (Phi) is 6.42. The maximum absolute atomic E-state index is 5.53. The van der Waals surface area contributed by atoms with Crippen molar-refractivity contribution in [3.05, 3.63) is 89.7 Å². The summed E-state index contributed by atoms with van der Waals surface area (Å²) < 4.78 is 11.0. The predicted octanol–water partition coefficient (Wildman–Crippen LogP) is 4.73. The molecule has 0 spiro atoms. The Bertz CT molecular complexity index is 899. The minimum atomic E-state index is 0.327. The lowest BCUT2D eigenvalue weighted by Gasteiger charge is -2.26. The molecule has 0 aliphatic carbocycles. The molecule has 2 aromatic carbocycles. The molecule has 1 aromatic heterocycles. The van der Waals surface area contributed by atoms with Gasteiger partial charge in [-0.3, -0.25) is 9.88 Å². The molecule has 0 amide bonds. The number of rotatable bonds is 9. The Labute approximate surface area is 173 Å². The zero-order chi connectivity index (χ0) is 19.9. The van der Waals surface area contributed by atoms with Crippen LogP contribution < -0.4 is 9.47 Å². The number of hydrogen-bond acceptors (Lipinski definition) is 4. The first kappa shape index (κ1) is 19.5. The monoisotopic (exact) mass is 388 g/mol. The lowest BCUT2D eigenvalue weighted by molar-refractivity contribution is 0.174. The molecule has 0 saturated carbocycles. The quantitative estimate of drug-likeness (QED) is 0.531. The highest BCUT2D eigenvalue weighted by Crippen LogP contribution is 2.33. The molecule has 29 heavy (non-hydrogen) atoms. The van der Waals surface area contributed by atoms with Gasteiger partial charge in [-0.15, -0.1) is 0 Å². The van der Waals surface area contributed by atoms with Crippen molar-refractivity contribution in [1.82, 2.24) is 9.88 Å². The highest BCUT2D eigenvalue weighted by Gasteiger charge is 2.16. The lowest BCUT2D eigenvalue weighted by atomic mass is 9.99. The SMILES string of the molecule is CC(Cc1ccc2c(c1)OCO2)CN(CCc1ccccc1)Cc1ccncc1. The Balaban J connectivity index is 1.39. The number of benzene rings is 2. The van der Waals surface area contributed by atoms with Gasteiger partial charge >= 0.3 is 0 Å².